The number of nitrogens with one attached hydrogen (secondary N) is 2. The Kier molecular flexibility index (Phi) is 4.76. The monoisotopic (exact) mass is 288 g/mol. The zero-order valence-corrected chi connectivity index (χ0v) is 12.4. The van der Waals surface area contributed by atoms with Crippen molar-refractivity contribution in [2.24, 2.45) is 0 Å². The standard InChI is InChI=1S/C17H24N2O2/c20-17(8-7-14-4-3-11-21-14)18-10-9-13-12-19-16-6-2-1-5-15(13)16/h1-2,5-6,13-14,19H,3-4,7-12H2,(H,18,20). The highest BCUT2D eigenvalue weighted by molar-refractivity contribution is 5.75. The van der Waals surface area contributed by atoms with Crippen LogP contribution in [-0.2, 0) is 9.53 Å². The number of carbonyl (C=O) groups is 1. The van der Waals surface area contributed by atoms with Crippen molar-refractivity contribution in [3.8, 4) is 0 Å². The molecule has 1 aromatic carbocycles. The van der Waals surface area contributed by atoms with E-state index in [1.54, 1.807) is 0 Å². The van der Waals surface area contributed by atoms with Crippen molar-refractivity contribution in [2.75, 3.05) is 25.0 Å². The summed E-state index contributed by atoms with van der Waals surface area (Å²) in [5.41, 5.74) is 2.62. The first-order valence-corrected chi connectivity index (χ1v) is 8.04. The van der Waals surface area contributed by atoms with E-state index in [9.17, 15) is 4.79 Å². The quantitative estimate of drug-likeness (QED) is 0.846. The van der Waals surface area contributed by atoms with Crippen molar-refractivity contribution in [1.29, 1.82) is 0 Å². The summed E-state index contributed by atoms with van der Waals surface area (Å²) in [7, 11) is 0. The molecule has 1 aromatic rings. The van der Waals surface area contributed by atoms with Gasteiger partial charge in [-0.05, 0) is 37.3 Å². The Balaban J connectivity index is 1.35. The van der Waals surface area contributed by atoms with E-state index in [0.29, 0.717) is 18.4 Å². The lowest BCUT2D eigenvalue weighted by atomic mass is 9.98. The van der Waals surface area contributed by atoms with Gasteiger partial charge in [0, 0.05) is 37.7 Å². The van der Waals surface area contributed by atoms with Crippen LogP contribution in [0.5, 0.6) is 0 Å². The summed E-state index contributed by atoms with van der Waals surface area (Å²) in [5.74, 6) is 0.671. The van der Waals surface area contributed by atoms with Crippen LogP contribution in [0.1, 0.15) is 43.6 Å². The maximum absolute atomic E-state index is 11.8. The lowest BCUT2D eigenvalue weighted by Crippen LogP contribution is -2.26. The van der Waals surface area contributed by atoms with E-state index < -0.39 is 0 Å². The maximum Gasteiger partial charge on any atom is 0.220 e. The van der Waals surface area contributed by atoms with E-state index in [-0.39, 0.29) is 5.91 Å². The number of anilines is 1. The minimum absolute atomic E-state index is 0.157. The van der Waals surface area contributed by atoms with Gasteiger partial charge in [0.2, 0.25) is 5.91 Å². The van der Waals surface area contributed by atoms with Gasteiger partial charge in [-0.15, -0.1) is 0 Å². The van der Waals surface area contributed by atoms with Crippen molar-refractivity contribution in [3.05, 3.63) is 29.8 Å². The first kappa shape index (κ1) is 14.4. The van der Waals surface area contributed by atoms with Crippen LogP contribution in [0.15, 0.2) is 24.3 Å². The topological polar surface area (TPSA) is 50.4 Å². The molecule has 0 aromatic heterocycles. The number of benzene rings is 1. The molecule has 1 saturated heterocycles. The van der Waals surface area contributed by atoms with Gasteiger partial charge in [-0.2, -0.15) is 0 Å². The molecule has 2 unspecified atom stereocenters. The Morgan fingerprint density at radius 1 is 1.33 bits per heavy atom. The Morgan fingerprint density at radius 3 is 3.10 bits per heavy atom. The molecule has 114 valence electrons. The molecule has 0 bridgehead atoms. The van der Waals surface area contributed by atoms with Crippen molar-refractivity contribution in [1.82, 2.24) is 5.32 Å². The van der Waals surface area contributed by atoms with Crippen LogP contribution in [-0.4, -0.2) is 31.7 Å². The number of para-hydroxylation sites is 1. The third-order valence-electron chi connectivity index (χ3n) is 4.47. The SMILES string of the molecule is O=C(CCC1CCCO1)NCCC1CNc2ccccc21. The zero-order chi connectivity index (χ0) is 14.5. The highest BCUT2D eigenvalue weighted by atomic mass is 16.5. The normalized spacial score (nSPS) is 23.6. The van der Waals surface area contributed by atoms with E-state index in [1.807, 2.05) is 0 Å². The molecular formula is C17H24N2O2. The molecule has 0 aliphatic carbocycles. The molecule has 1 amide bonds. The third-order valence-corrected chi connectivity index (χ3v) is 4.47. The zero-order valence-electron chi connectivity index (χ0n) is 12.4. The second kappa shape index (κ2) is 6.94. The fraction of sp³-hybridized carbons (Fsp3) is 0.588. The van der Waals surface area contributed by atoms with Gasteiger partial charge in [-0.1, -0.05) is 18.2 Å². The average Bonchev–Trinajstić information content (AvgIpc) is 3.15. The highest BCUT2D eigenvalue weighted by Crippen LogP contribution is 2.32. The van der Waals surface area contributed by atoms with Gasteiger partial charge in [0.25, 0.3) is 0 Å². The summed E-state index contributed by atoms with van der Waals surface area (Å²) in [6.07, 6.45) is 5.00. The molecule has 3 rings (SSSR count). The van der Waals surface area contributed by atoms with E-state index in [2.05, 4.69) is 34.9 Å². The molecule has 2 atom stereocenters. The summed E-state index contributed by atoms with van der Waals surface area (Å²) in [6, 6.07) is 8.44. The first-order valence-electron chi connectivity index (χ1n) is 8.04. The summed E-state index contributed by atoms with van der Waals surface area (Å²) in [5, 5.41) is 6.46. The molecular weight excluding hydrogens is 264 g/mol. The summed E-state index contributed by atoms with van der Waals surface area (Å²) < 4.78 is 5.54. The molecule has 4 heteroatoms. The lowest BCUT2D eigenvalue weighted by Gasteiger charge is -2.12. The minimum Gasteiger partial charge on any atom is -0.384 e. The number of hydrogen-bond acceptors (Lipinski definition) is 3. The second-order valence-electron chi connectivity index (χ2n) is 5.98. The molecule has 0 radical (unpaired) electrons. The van der Waals surface area contributed by atoms with Crippen molar-refractivity contribution < 1.29 is 9.53 Å². The van der Waals surface area contributed by atoms with Gasteiger partial charge < -0.3 is 15.4 Å². The highest BCUT2D eigenvalue weighted by Gasteiger charge is 2.21. The van der Waals surface area contributed by atoms with Gasteiger partial charge in [-0.3, -0.25) is 4.79 Å². The van der Waals surface area contributed by atoms with E-state index in [4.69, 9.17) is 4.74 Å². The number of rotatable bonds is 6. The maximum atomic E-state index is 11.8. The number of amides is 1. The van der Waals surface area contributed by atoms with Crippen LogP contribution in [0, 0.1) is 0 Å². The predicted molar refractivity (Wildman–Crippen MR) is 83.5 cm³/mol. The van der Waals surface area contributed by atoms with Crippen LogP contribution in [0.25, 0.3) is 0 Å². The Morgan fingerprint density at radius 2 is 2.24 bits per heavy atom. The van der Waals surface area contributed by atoms with Gasteiger partial charge in [0.05, 0.1) is 6.10 Å². The average molecular weight is 288 g/mol. The lowest BCUT2D eigenvalue weighted by molar-refractivity contribution is -0.121. The molecule has 2 heterocycles. The predicted octanol–water partition coefficient (Wildman–Crippen LogP) is 2.66. The van der Waals surface area contributed by atoms with Crippen molar-refractivity contribution >= 4 is 11.6 Å². The van der Waals surface area contributed by atoms with E-state index in [1.165, 1.54) is 11.3 Å². The van der Waals surface area contributed by atoms with Crippen LogP contribution in [0.2, 0.25) is 0 Å². The van der Waals surface area contributed by atoms with Crippen molar-refractivity contribution in [2.45, 2.75) is 44.1 Å². The van der Waals surface area contributed by atoms with Gasteiger partial charge in [-0.25, -0.2) is 0 Å². The summed E-state index contributed by atoms with van der Waals surface area (Å²) in [6.45, 7) is 2.59. The molecule has 2 aliphatic rings. The van der Waals surface area contributed by atoms with Crippen LogP contribution >= 0.6 is 0 Å². The van der Waals surface area contributed by atoms with Crippen molar-refractivity contribution in [3.63, 3.8) is 0 Å². The summed E-state index contributed by atoms with van der Waals surface area (Å²) in [4.78, 5) is 11.8. The Labute approximate surface area is 126 Å². The van der Waals surface area contributed by atoms with Gasteiger partial charge in [0.1, 0.15) is 0 Å². The molecule has 4 nitrogen and oxygen atoms in total. The Hall–Kier alpha value is -1.55. The smallest absolute Gasteiger partial charge is 0.220 e. The second-order valence-corrected chi connectivity index (χ2v) is 5.98. The molecule has 2 aliphatic heterocycles. The largest absolute Gasteiger partial charge is 0.384 e. The van der Waals surface area contributed by atoms with Crippen LogP contribution in [0.4, 0.5) is 5.69 Å². The number of fused-ring (bicyclic) bond motifs is 1. The fourth-order valence-corrected chi connectivity index (χ4v) is 3.25. The molecule has 0 spiro atoms. The number of hydrogen-bond donors (Lipinski definition) is 2. The van der Waals surface area contributed by atoms with Crippen LogP contribution < -0.4 is 10.6 Å². The molecule has 1 fully saturated rings. The molecule has 0 saturated carbocycles. The third kappa shape index (κ3) is 3.76. The van der Waals surface area contributed by atoms with E-state index in [0.717, 1.165) is 45.4 Å². The number of ether oxygens (including phenoxy) is 1. The van der Waals surface area contributed by atoms with Gasteiger partial charge >= 0.3 is 0 Å². The first-order chi connectivity index (χ1) is 10.3. The molecule has 2 N–H and O–H groups in total. The minimum atomic E-state index is 0.157. The summed E-state index contributed by atoms with van der Waals surface area (Å²) >= 11 is 0. The van der Waals surface area contributed by atoms with Crippen LogP contribution in [0.3, 0.4) is 0 Å². The number of carbonyl (C=O) groups excluding carboxylic acids is 1. The fourth-order valence-electron chi connectivity index (χ4n) is 3.25. The van der Waals surface area contributed by atoms with Gasteiger partial charge in [0.15, 0.2) is 0 Å². The Bertz CT molecular complexity index is 483. The van der Waals surface area contributed by atoms with E-state index >= 15 is 0 Å². The molecule has 21 heavy (non-hydrogen) atoms.